The average molecular weight is 351 g/mol. The molecule has 0 aliphatic heterocycles. The van der Waals surface area contributed by atoms with Crippen molar-refractivity contribution in [2.45, 2.75) is 6.54 Å². The van der Waals surface area contributed by atoms with E-state index < -0.39 is 5.97 Å². The molecule has 0 saturated carbocycles. The Labute approximate surface area is 149 Å². The lowest BCUT2D eigenvalue weighted by molar-refractivity contribution is 0.0599. The number of rotatable bonds is 5. The molecule has 0 fully saturated rings. The van der Waals surface area contributed by atoms with E-state index in [0.717, 1.165) is 10.9 Å². The van der Waals surface area contributed by atoms with Crippen LogP contribution >= 0.6 is 0 Å². The third kappa shape index (κ3) is 3.77. The number of carbonyl (C=O) groups is 2. The number of carbonyl (C=O) groups excluding carboxylic acids is 2. The highest BCUT2D eigenvalue weighted by molar-refractivity contribution is 5.97. The van der Waals surface area contributed by atoms with Crippen LogP contribution < -0.4 is 10.9 Å². The Morgan fingerprint density at radius 2 is 1.96 bits per heavy atom. The summed E-state index contributed by atoms with van der Waals surface area (Å²) < 4.78 is 5.99. The first-order valence-electron chi connectivity index (χ1n) is 8.00. The summed E-state index contributed by atoms with van der Waals surface area (Å²) in [5.41, 5.74) is 1.27. The summed E-state index contributed by atoms with van der Waals surface area (Å²) in [7, 11) is 1.27. The minimum Gasteiger partial charge on any atom is -0.465 e. The van der Waals surface area contributed by atoms with Gasteiger partial charge in [0.1, 0.15) is 0 Å². The van der Waals surface area contributed by atoms with Gasteiger partial charge in [0.25, 0.3) is 11.5 Å². The first kappa shape index (κ1) is 17.3. The van der Waals surface area contributed by atoms with Gasteiger partial charge in [-0.1, -0.05) is 18.2 Å². The van der Waals surface area contributed by atoms with Crippen LogP contribution in [-0.4, -0.2) is 35.1 Å². The summed E-state index contributed by atoms with van der Waals surface area (Å²) in [6, 6.07) is 12.0. The highest BCUT2D eigenvalue weighted by Gasteiger charge is 2.09. The minimum atomic E-state index is -0.523. The number of aromatic nitrogens is 2. The van der Waals surface area contributed by atoms with Crippen LogP contribution in [0.1, 0.15) is 20.7 Å². The van der Waals surface area contributed by atoms with Crippen molar-refractivity contribution in [3.8, 4) is 0 Å². The van der Waals surface area contributed by atoms with E-state index >= 15 is 0 Å². The van der Waals surface area contributed by atoms with Gasteiger partial charge in [0.15, 0.2) is 0 Å². The number of esters is 1. The number of benzene rings is 1. The number of hydrogen-bond acceptors (Lipinski definition) is 5. The minimum absolute atomic E-state index is 0.232. The molecule has 132 valence electrons. The van der Waals surface area contributed by atoms with Crippen molar-refractivity contribution in [1.29, 1.82) is 0 Å². The Morgan fingerprint density at radius 1 is 1.15 bits per heavy atom. The molecule has 0 aliphatic rings. The quantitative estimate of drug-likeness (QED) is 0.706. The monoisotopic (exact) mass is 351 g/mol. The van der Waals surface area contributed by atoms with Gasteiger partial charge in [-0.3, -0.25) is 14.6 Å². The Bertz CT molecular complexity index is 1030. The Hall–Kier alpha value is -3.48. The van der Waals surface area contributed by atoms with Gasteiger partial charge in [0.05, 0.1) is 23.8 Å². The molecule has 0 aliphatic carbocycles. The number of nitrogens with one attached hydrogen (secondary N) is 1. The van der Waals surface area contributed by atoms with Crippen molar-refractivity contribution in [2.24, 2.45) is 0 Å². The van der Waals surface area contributed by atoms with Crippen LogP contribution in [-0.2, 0) is 11.3 Å². The second-order valence-electron chi connectivity index (χ2n) is 5.61. The van der Waals surface area contributed by atoms with Gasteiger partial charge >= 0.3 is 5.97 Å². The second kappa shape index (κ2) is 7.60. The molecule has 26 heavy (non-hydrogen) atoms. The highest BCUT2D eigenvalue weighted by atomic mass is 16.5. The largest absolute Gasteiger partial charge is 0.465 e. The van der Waals surface area contributed by atoms with E-state index in [9.17, 15) is 14.4 Å². The highest BCUT2D eigenvalue weighted by Crippen LogP contribution is 2.12. The van der Waals surface area contributed by atoms with Crippen LogP contribution in [0.2, 0.25) is 0 Å². The number of fused-ring (bicyclic) bond motifs is 1. The van der Waals surface area contributed by atoms with E-state index in [2.05, 4.69) is 15.0 Å². The van der Waals surface area contributed by atoms with Crippen molar-refractivity contribution in [1.82, 2.24) is 14.9 Å². The molecule has 3 aromatic rings. The lowest BCUT2D eigenvalue weighted by Crippen LogP contribution is -2.31. The van der Waals surface area contributed by atoms with Gasteiger partial charge in [-0.05, 0) is 18.2 Å². The number of ether oxygens (including phenoxy) is 1. The van der Waals surface area contributed by atoms with E-state index in [0.29, 0.717) is 5.56 Å². The van der Waals surface area contributed by atoms with Gasteiger partial charge in [0.2, 0.25) is 0 Å². The van der Waals surface area contributed by atoms with Gasteiger partial charge in [-0.25, -0.2) is 4.79 Å². The van der Waals surface area contributed by atoms with Crippen LogP contribution in [0.15, 0.2) is 59.7 Å². The standard InChI is InChI=1S/C19H17N3O4/c1-26-19(25)14-6-7-17(23)22(12-14)9-8-20-18(24)15-10-13-4-2-3-5-16(13)21-11-15/h2-7,10-12H,8-9H2,1H3,(H,20,24). The molecule has 2 heterocycles. The topological polar surface area (TPSA) is 90.3 Å². The van der Waals surface area contributed by atoms with Crippen molar-refractivity contribution in [3.63, 3.8) is 0 Å². The molecule has 1 aromatic carbocycles. The Balaban J connectivity index is 1.66. The molecule has 0 spiro atoms. The van der Waals surface area contributed by atoms with E-state index in [1.807, 2.05) is 24.3 Å². The number of amides is 1. The maximum atomic E-state index is 12.3. The van der Waals surface area contributed by atoms with Gasteiger partial charge < -0.3 is 14.6 Å². The zero-order valence-electron chi connectivity index (χ0n) is 14.1. The molecule has 0 unspecified atom stereocenters. The molecule has 0 radical (unpaired) electrons. The molecule has 1 amide bonds. The zero-order chi connectivity index (χ0) is 18.5. The number of pyridine rings is 2. The Kier molecular flexibility index (Phi) is 5.07. The molecule has 7 nitrogen and oxygen atoms in total. The molecule has 1 N–H and O–H groups in total. The summed E-state index contributed by atoms with van der Waals surface area (Å²) >= 11 is 0. The van der Waals surface area contributed by atoms with Gasteiger partial charge in [-0.15, -0.1) is 0 Å². The van der Waals surface area contributed by atoms with Crippen molar-refractivity contribution < 1.29 is 14.3 Å². The van der Waals surface area contributed by atoms with E-state index in [-0.39, 0.29) is 30.1 Å². The molecule has 0 atom stereocenters. The fourth-order valence-corrected chi connectivity index (χ4v) is 2.53. The number of para-hydroxylation sites is 1. The SMILES string of the molecule is COC(=O)c1ccc(=O)n(CCNC(=O)c2cnc3ccccc3c2)c1. The van der Waals surface area contributed by atoms with Crippen LogP contribution in [0.4, 0.5) is 0 Å². The second-order valence-corrected chi connectivity index (χ2v) is 5.61. The van der Waals surface area contributed by atoms with E-state index in [1.54, 1.807) is 6.07 Å². The molecule has 3 rings (SSSR count). The smallest absolute Gasteiger partial charge is 0.339 e. The number of hydrogen-bond donors (Lipinski definition) is 1. The fourth-order valence-electron chi connectivity index (χ4n) is 2.53. The molecule has 7 heteroatoms. The van der Waals surface area contributed by atoms with Gasteiger partial charge in [0, 0.05) is 36.9 Å². The summed E-state index contributed by atoms with van der Waals surface area (Å²) in [6.07, 6.45) is 2.93. The third-order valence-corrected chi connectivity index (χ3v) is 3.90. The Morgan fingerprint density at radius 3 is 2.77 bits per heavy atom. The van der Waals surface area contributed by atoms with Crippen molar-refractivity contribution in [2.75, 3.05) is 13.7 Å². The first-order chi connectivity index (χ1) is 12.6. The predicted molar refractivity (Wildman–Crippen MR) is 96.1 cm³/mol. The summed E-state index contributed by atoms with van der Waals surface area (Å²) in [5, 5.41) is 3.62. The molecule has 0 bridgehead atoms. The molecule has 2 aromatic heterocycles. The normalized spacial score (nSPS) is 10.5. The lowest BCUT2D eigenvalue weighted by Gasteiger charge is -2.09. The first-order valence-corrected chi connectivity index (χ1v) is 8.00. The van der Waals surface area contributed by atoms with E-state index in [1.165, 1.54) is 36.2 Å². The van der Waals surface area contributed by atoms with E-state index in [4.69, 9.17) is 0 Å². The zero-order valence-corrected chi connectivity index (χ0v) is 14.1. The summed E-state index contributed by atoms with van der Waals surface area (Å²) in [4.78, 5) is 39.9. The lowest BCUT2D eigenvalue weighted by atomic mass is 10.1. The van der Waals surface area contributed by atoms with Crippen LogP contribution in [0.25, 0.3) is 10.9 Å². The maximum absolute atomic E-state index is 12.3. The van der Waals surface area contributed by atoms with Crippen molar-refractivity contribution in [3.05, 3.63) is 76.3 Å². The van der Waals surface area contributed by atoms with Gasteiger partial charge in [-0.2, -0.15) is 0 Å². The predicted octanol–water partition coefficient (Wildman–Crippen LogP) is 1.61. The fraction of sp³-hybridized carbons (Fsp3) is 0.158. The van der Waals surface area contributed by atoms with Crippen LogP contribution in [0.5, 0.6) is 0 Å². The van der Waals surface area contributed by atoms with Crippen LogP contribution in [0.3, 0.4) is 0 Å². The maximum Gasteiger partial charge on any atom is 0.339 e. The molecule has 0 saturated heterocycles. The third-order valence-electron chi connectivity index (χ3n) is 3.90. The number of methoxy groups -OCH3 is 1. The molecular formula is C19H17N3O4. The summed E-state index contributed by atoms with van der Waals surface area (Å²) in [6.45, 7) is 0.465. The van der Waals surface area contributed by atoms with Crippen molar-refractivity contribution >= 4 is 22.8 Å². The summed E-state index contributed by atoms with van der Waals surface area (Å²) in [5.74, 6) is -0.801. The molecular weight excluding hydrogens is 334 g/mol. The van der Waals surface area contributed by atoms with Crippen LogP contribution in [0, 0.1) is 0 Å². The number of nitrogens with zero attached hydrogens (tertiary/aromatic N) is 2. The average Bonchev–Trinajstić information content (AvgIpc) is 2.68.